The van der Waals surface area contributed by atoms with Crippen LogP contribution < -0.4 is 24.3 Å². The highest BCUT2D eigenvalue weighted by Crippen LogP contribution is 2.32. The van der Waals surface area contributed by atoms with E-state index in [0.29, 0.717) is 21.5 Å². The van der Waals surface area contributed by atoms with Gasteiger partial charge in [-0.1, -0.05) is 30.8 Å². The number of benzene rings is 5. The predicted molar refractivity (Wildman–Crippen MR) is 188 cm³/mol. The Morgan fingerprint density at radius 3 is 1.45 bits per heavy atom. The molecule has 0 spiro atoms. The monoisotopic (exact) mass is 719 g/mol. The molecule has 0 fully saturated rings. The molecule has 0 atom stereocenters. The second-order valence-electron chi connectivity index (χ2n) is 11.3. The number of carboxylic acids is 2. The third kappa shape index (κ3) is 10.1. The Bertz CT molecular complexity index is 2310. The highest BCUT2D eigenvalue weighted by molar-refractivity contribution is 6.02. The lowest BCUT2D eigenvalue weighted by Gasteiger charge is -2.13. The van der Waals surface area contributed by atoms with Gasteiger partial charge in [-0.05, 0) is 88.3 Å². The zero-order chi connectivity index (χ0) is 38.1. The Labute approximate surface area is 300 Å². The van der Waals surface area contributed by atoms with Gasteiger partial charge in [-0.3, -0.25) is 24.0 Å². The van der Waals surface area contributed by atoms with Gasteiger partial charge < -0.3 is 34.5 Å². The molecular weight excluding hydrogens is 690 g/mol. The van der Waals surface area contributed by atoms with Gasteiger partial charge >= 0.3 is 35.8 Å². The summed E-state index contributed by atoms with van der Waals surface area (Å²) >= 11 is 0. The first-order valence-electron chi connectivity index (χ1n) is 15.8. The van der Waals surface area contributed by atoms with Crippen molar-refractivity contribution < 1.29 is 62.7 Å². The molecule has 5 rings (SSSR count). The highest BCUT2D eigenvalue weighted by Gasteiger charge is 2.18. The van der Waals surface area contributed by atoms with E-state index in [1.807, 2.05) is 0 Å². The van der Waals surface area contributed by atoms with Crippen molar-refractivity contribution in [1.29, 1.82) is 0 Å². The molecule has 14 nitrogen and oxygen atoms in total. The molecule has 0 radical (unpaired) electrons. The summed E-state index contributed by atoms with van der Waals surface area (Å²) in [6.45, 7) is 3.43. The summed E-state index contributed by atoms with van der Waals surface area (Å²) in [5.74, 6) is -5.39. The lowest BCUT2D eigenvalue weighted by molar-refractivity contribution is -0.142. The van der Waals surface area contributed by atoms with Gasteiger partial charge in [0.2, 0.25) is 5.91 Å². The number of hydrogen-bond acceptors (Lipinski definition) is 11. The number of carbonyl (C=O) groups is 7. The van der Waals surface area contributed by atoms with Crippen molar-refractivity contribution >= 4 is 69.0 Å². The maximum absolute atomic E-state index is 13.2. The van der Waals surface area contributed by atoms with E-state index >= 15 is 0 Å². The van der Waals surface area contributed by atoms with E-state index in [1.54, 1.807) is 48.5 Å². The van der Waals surface area contributed by atoms with Gasteiger partial charge in [-0.25, -0.2) is 9.59 Å². The van der Waals surface area contributed by atoms with Crippen LogP contribution in [0, 0.1) is 0 Å². The molecule has 5 aromatic carbocycles. The number of ether oxygens (including phenoxy) is 4. The standard InChI is InChI=1S/C39H29NO13/c1-2-33(41)40-31-21-30(52-38(48)26-5-3-24-19-28(9-7-22(24)17-26)50-36(46)15-13-34(42)43)11-12-32(31)53-39(49)27-6-4-25-20-29(10-8-23(25)18-27)51-37(47)16-14-35(44)45/h2-12,17-21H,1,13-16H2,(H,40,41)(H,42,43)(H,44,45). The minimum atomic E-state index is -1.12. The fourth-order valence-electron chi connectivity index (χ4n) is 4.88. The molecule has 268 valence electrons. The molecule has 0 bridgehead atoms. The Morgan fingerprint density at radius 1 is 0.528 bits per heavy atom. The fourth-order valence-corrected chi connectivity index (χ4v) is 4.88. The number of hydrogen-bond donors (Lipinski definition) is 3. The number of esters is 4. The van der Waals surface area contributed by atoms with Gasteiger partial charge in [0.1, 0.15) is 17.2 Å². The quantitative estimate of drug-likeness (QED) is 0.0674. The molecule has 1 amide bonds. The number of carboxylic acid groups (broad SMARTS) is 2. The topological polar surface area (TPSA) is 209 Å². The molecule has 5 aromatic rings. The SMILES string of the molecule is C=CC(=O)Nc1cc(OC(=O)c2ccc3cc(OC(=O)CCC(=O)O)ccc3c2)ccc1OC(=O)c1ccc2cc(OC(=O)CCC(=O)O)ccc2c1. The maximum Gasteiger partial charge on any atom is 0.343 e. The summed E-state index contributed by atoms with van der Waals surface area (Å²) in [7, 11) is 0. The smallest absolute Gasteiger partial charge is 0.343 e. The minimum absolute atomic E-state index is 0.00707. The van der Waals surface area contributed by atoms with Crippen LogP contribution in [0.15, 0.2) is 104 Å². The van der Waals surface area contributed by atoms with Crippen molar-refractivity contribution in [3.8, 4) is 23.0 Å². The lowest BCUT2D eigenvalue weighted by atomic mass is 10.1. The first-order valence-corrected chi connectivity index (χ1v) is 15.8. The highest BCUT2D eigenvalue weighted by atomic mass is 16.5. The summed E-state index contributed by atoms with van der Waals surface area (Å²) in [4.78, 5) is 83.7. The summed E-state index contributed by atoms with van der Waals surface area (Å²) in [5.41, 5.74) is 0.336. The molecule has 3 N–H and O–H groups in total. The molecule has 0 aromatic heterocycles. The molecule has 53 heavy (non-hydrogen) atoms. The summed E-state index contributed by atoms with van der Waals surface area (Å²) < 4.78 is 21.5. The number of nitrogens with one attached hydrogen (secondary N) is 1. The molecular formula is C39H29NO13. The van der Waals surface area contributed by atoms with E-state index in [9.17, 15) is 33.6 Å². The predicted octanol–water partition coefficient (Wildman–Crippen LogP) is 6.10. The zero-order valence-corrected chi connectivity index (χ0v) is 27.7. The van der Waals surface area contributed by atoms with Gasteiger partial charge in [0, 0.05) is 6.07 Å². The van der Waals surface area contributed by atoms with Crippen LogP contribution in [-0.4, -0.2) is 51.9 Å². The maximum atomic E-state index is 13.2. The molecule has 0 heterocycles. The van der Waals surface area contributed by atoms with E-state index in [-0.39, 0.29) is 65.5 Å². The normalized spacial score (nSPS) is 10.6. The lowest BCUT2D eigenvalue weighted by Crippen LogP contribution is -2.14. The van der Waals surface area contributed by atoms with Gasteiger partial charge in [0.05, 0.1) is 42.5 Å². The van der Waals surface area contributed by atoms with E-state index < -0.39 is 41.7 Å². The number of carbonyl (C=O) groups excluding carboxylic acids is 5. The minimum Gasteiger partial charge on any atom is -0.481 e. The number of amides is 1. The van der Waals surface area contributed by atoms with Crippen molar-refractivity contribution in [1.82, 2.24) is 0 Å². The van der Waals surface area contributed by atoms with Crippen molar-refractivity contribution in [3.63, 3.8) is 0 Å². The van der Waals surface area contributed by atoms with Crippen LogP contribution in [0.3, 0.4) is 0 Å². The largest absolute Gasteiger partial charge is 0.481 e. The van der Waals surface area contributed by atoms with E-state index in [0.717, 1.165) is 6.08 Å². The number of rotatable bonds is 14. The van der Waals surface area contributed by atoms with Crippen LogP contribution in [0.5, 0.6) is 23.0 Å². The van der Waals surface area contributed by atoms with Crippen LogP contribution in [0.4, 0.5) is 5.69 Å². The van der Waals surface area contributed by atoms with E-state index in [2.05, 4.69) is 11.9 Å². The molecule has 14 heteroatoms. The van der Waals surface area contributed by atoms with Crippen molar-refractivity contribution in [2.24, 2.45) is 0 Å². The Morgan fingerprint density at radius 2 is 0.962 bits per heavy atom. The summed E-state index contributed by atoms with van der Waals surface area (Å²) in [6.07, 6.45) is -0.280. The van der Waals surface area contributed by atoms with Gasteiger partial charge in [-0.15, -0.1) is 0 Å². The molecule has 0 aliphatic heterocycles. The third-order valence-electron chi connectivity index (χ3n) is 7.45. The summed E-state index contributed by atoms with van der Waals surface area (Å²) in [5, 5.41) is 22.5. The van der Waals surface area contributed by atoms with Crippen molar-refractivity contribution in [2.75, 3.05) is 5.32 Å². The zero-order valence-electron chi connectivity index (χ0n) is 27.7. The fraction of sp³-hybridized carbons (Fsp3) is 0.103. The Balaban J connectivity index is 1.28. The van der Waals surface area contributed by atoms with Crippen LogP contribution in [0.1, 0.15) is 46.4 Å². The molecule has 0 aliphatic rings. The van der Waals surface area contributed by atoms with E-state index in [4.69, 9.17) is 29.2 Å². The molecule has 0 saturated carbocycles. The van der Waals surface area contributed by atoms with Gasteiger partial charge in [0.15, 0.2) is 5.75 Å². The number of fused-ring (bicyclic) bond motifs is 2. The van der Waals surface area contributed by atoms with Gasteiger partial charge in [-0.2, -0.15) is 0 Å². The van der Waals surface area contributed by atoms with E-state index in [1.165, 1.54) is 42.5 Å². The molecule has 0 aliphatic carbocycles. The summed E-state index contributed by atoms with van der Waals surface area (Å²) in [6, 6.07) is 22.7. The second-order valence-corrected chi connectivity index (χ2v) is 11.3. The first-order chi connectivity index (χ1) is 25.4. The molecule has 0 unspecified atom stereocenters. The third-order valence-corrected chi connectivity index (χ3v) is 7.45. The van der Waals surface area contributed by atoms with Crippen LogP contribution in [-0.2, 0) is 24.0 Å². The van der Waals surface area contributed by atoms with Crippen LogP contribution >= 0.6 is 0 Å². The Kier molecular flexibility index (Phi) is 11.5. The second kappa shape index (κ2) is 16.6. The first kappa shape index (κ1) is 36.9. The van der Waals surface area contributed by atoms with Crippen LogP contribution in [0.2, 0.25) is 0 Å². The molecule has 0 saturated heterocycles. The van der Waals surface area contributed by atoms with Gasteiger partial charge in [0.25, 0.3) is 0 Å². The number of aliphatic carboxylic acids is 2. The van der Waals surface area contributed by atoms with Crippen molar-refractivity contribution in [2.45, 2.75) is 25.7 Å². The van der Waals surface area contributed by atoms with Crippen molar-refractivity contribution in [3.05, 3.63) is 115 Å². The average Bonchev–Trinajstić information content (AvgIpc) is 3.13. The number of anilines is 1. The Hall–Kier alpha value is -7.35. The van der Waals surface area contributed by atoms with Crippen LogP contribution in [0.25, 0.3) is 21.5 Å². The average molecular weight is 720 g/mol.